The van der Waals surface area contributed by atoms with Crippen LogP contribution in [0.4, 0.5) is 11.5 Å². The van der Waals surface area contributed by atoms with Crippen molar-refractivity contribution in [3.8, 4) is 11.8 Å². The molecule has 1 saturated heterocycles. The van der Waals surface area contributed by atoms with Crippen LogP contribution in [0.5, 0.6) is 5.75 Å². The number of imidazole rings is 1. The van der Waals surface area contributed by atoms with Crippen molar-refractivity contribution in [2.45, 2.75) is 35.5 Å². The Balaban J connectivity index is 1.39. The van der Waals surface area contributed by atoms with Gasteiger partial charge in [0.15, 0.2) is 5.16 Å². The summed E-state index contributed by atoms with van der Waals surface area (Å²) in [4.78, 5) is 16.4. The average molecular weight is 506 g/mol. The van der Waals surface area contributed by atoms with E-state index in [1.165, 1.54) is 11.8 Å². The van der Waals surface area contributed by atoms with Gasteiger partial charge in [-0.15, -0.1) is 0 Å². The molecule has 0 amide bonds. The molecular formula is C25H24ClN7OS. The van der Waals surface area contributed by atoms with E-state index in [4.69, 9.17) is 21.6 Å². The largest absolute Gasteiger partial charge is 0.489 e. The van der Waals surface area contributed by atoms with E-state index in [1.807, 2.05) is 36.4 Å². The number of nitriles is 1. The summed E-state index contributed by atoms with van der Waals surface area (Å²) in [7, 11) is 2.14. The van der Waals surface area contributed by atoms with Gasteiger partial charge in [-0.3, -0.25) is 0 Å². The molecule has 3 heterocycles. The highest BCUT2D eigenvalue weighted by Crippen LogP contribution is 2.37. The molecule has 4 aromatic rings. The molecule has 1 aliphatic rings. The zero-order valence-electron chi connectivity index (χ0n) is 19.2. The standard InChI is InChI=1S/C25H24ClN7OS/c1-32-11-7-18(8-12-32)34-21-4-2-3-20-23(21)24(30-16-29-20)31-17-5-6-22(19(26)15-17)35-25-28-10-14-33(25)13-9-27/h2-6,10,14-16,18H,7-8,11-13H2,1H3,(H,29,30,31). The predicted molar refractivity (Wildman–Crippen MR) is 137 cm³/mol. The molecule has 8 nitrogen and oxygen atoms in total. The number of hydrogen-bond donors (Lipinski definition) is 1. The average Bonchev–Trinajstić information content (AvgIpc) is 3.29. The first-order valence-corrected chi connectivity index (χ1v) is 12.5. The van der Waals surface area contributed by atoms with Crippen LogP contribution < -0.4 is 10.1 Å². The van der Waals surface area contributed by atoms with Gasteiger partial charge in [0.2, 0.25) is 0 Å². The lowest BCUT2D eigenvalue weighted by Gasteiger charge is -2.29. The second-order valence-corrected chi connectivity index (χ2v) is 9.78. The third-order valence-electron chi connectivity index (χ3n) is 5.90. The van der Waals surface area contributed by atoms with Crippen molar-refractivity contribution in [2.75, 3.05) is 25.5 Å². The highest BCUT2D eigenvalue weighted by Gasteiger charge is 2.20. The third-order valence-corrected chi connectivity index (χ3v) is 7.42. The molecule has 1 N–H and O–H groups in total. The number of likely N-dealkylation sites (tertiary alicyclic amines) is 1. The van der Waals surface area contributed by atoms with Gasteiger partial charge in [0.25, 0.3) is 0 Å². The number of piperidine rings is 1. The number of halogens is 1. The van der Waals surface area contributed by atoms with Crippen molar-refractivity contribution in [2.24, 2.45) is 0 Å². The lowest BCUT2D eigenvalue weighted by atomic mass is 10.1. The van der Waals surface area contributed by atoms with E-state index in [0.717, 1.165) is 53.2 Å². The fourth-order valence-corrected chi connectivity index (χ4v) is 5.19. The van der Waals surface area contributed by atoms with Crippen molar-refractivity contribution in [3.63, 3.8) is 0 Å². The Morgan fingerprint density at radius 2 is 2.06 bits per heavy atom. The van der Waals surface area contributed by atoms with Crippen molar-refractivity contribution in [1.82, 2.24) is 24.4 Å². The first-order chi connectivity index (χ1) is 17.1. The molecule has 0 bridgehead atoms. The summed E-state index contributed by atoms with van der Waals surface area (Å²) >= 11 is 8.03. The number of anilines is 2. The molecule has 0 spiro atoms. The van der Waals surface area contributed by atoms with Crippen LogP contribution in [0, 0.1) is 11.3 Å². The minimum Gasteiger partial charge on any atom is -0.489 e. The number of benzene rings is 2. The smallest absolute Gasteiger partial charge is 0.173 e. The first-order valence-electron chi connectivity index (χ1n) is 11.3. The maximum Gasteiger partial charge on any atom is 0.173 e. The number of rotatable bonds is 7. The molecule has 178 valence electrons. The molecule has 2 aromatic carbocycles. The summed E-state index contributed by atoms with van der Waals surface area (Å²) in [5.74, 6) is 1.45. The molecule has 2 aromatic heterocycles. The molecule has 1 aliphatic heterocycles. The van der Waals surface area contributed by atoms with Crippen LogP contribution in [0.1, 0.15) is 12.8 Å². The van der Waals surface area contributed by atoms with Gasteiger partial charge in [0, 0.05) is 36.1 Å². The fraction of sp³-hybridized carbons (Fsp3) is 0.280. The van der Waals surface area contributed by atoms with Crippen LogP contribution in [-0.2, 0) is 6.54 Å². The number of aromatic nitrogens is 4. The molecule has 0 radical (unpaired) electrons. The number of hydrogen-bond acceptors (Lipinski definition) is 8. The molecule has 35 heavy (non-hydrogen) atoms. The Bertz CT molecular complexity index is 1370. The van der Waals surface area contributed by atoms with Gasteiger partial charge in [-0.1, -0.05) is 29.4 Å². The lowest BCUT2D eigenvalue weighted by Crippen LogP contribution is -2.35. The van der Waals surface area contributed by atoms with Crippen LogP contribution in [0.15, 0.2) is 65.2 Å². The summed E-state index contributed by atoms with van der Waals surface area (Å²) in [5.41, 5.74) is 1.62. The predicted octanol–water partition coefficient (Wildman–Crippen LogP) is 5.37. The first kappa shape index (κ1) is 23.4. The van der Waals surface area contributed by atoms with Gasteiger partial charge in [-0.2, -0.15) is 5.26 Å². The second-order valence-electron chi connectivity index (χ2n) is 8.36. The van der Waals surface area contributed by atoms with Crippen LogP contribution in [-0.4, -0.2) is 50.7 Å². The normalized spacial score (nSPS) is 14.7. The third kappa shape index (κ3) is 5.35. The Morgan fingerprint density at radius 3 is 2.86 bits per heavy atom. The summed E-state index contributed by atoms with van der Waals surface area (Å²) in [6.07, 6.45) is 7.15. The zero-order valence-corrected chi connectivity index (χ0v) is 20.8. The summed E-state index contributed by atoms with van der Waals surface area (Å²) in [6, 6.07) is 13.8. The van der Waals surface area contributed by atoms with E-state index < -0.39 is 0 Å². The van der Waals surface area contributed by atoms with Crippen molar-refractivity contribution >= 4 is 45.8 Å². The molecule has 0 atom stereocenters. The van der Waals surface area contributed by atoms with Gasteiger partial charge >= 0.3 is 0 Å². The zero-order chi connectivity index (χ0) is 24.2. The number of ether oxygens (including phenoxy) is 1. The highest BCUT2D eigenvalue weighted by molar-refractivity contribution is 7.99. The van der Waals surface area contributed by atoms with Crippen molar-refractivity contribution in [1.29, 1.82) is 5.26 Å². The molecule has 0 aliphatic carbocycles. The number of nitrogens with one attached hydrogen (secondary N) is 1. The topological polar surface area (TPSA) is 91.9 Å². The van der Waals surface area contributed by atoms with E-state index in [-0.39, 0.29) is 12.6 Å². The van der Waals surface area contributed by atoms with E-state index in [0.29, 0.717) is 16.0 Å². The summed E-state index contributed by atoms with van der Waals surface area (Å²) < 4.78 is 8.20. The van der Waals surface area contributed by atoms with Crippen molar-refractivity contribution in [3.05, 3.63) is 60.1 Å². The maximum atomic E-state index is 8.99. The Labute approximate surface area is 212 Å². The fourth-order valence-electron chi connectivity index (χ4n) is 4.05. The van der Waals surface area contributed by atoms with Gasteiger partial charge in [0.1, 0.15) is 30.5 Å². The van der Waals surface area contributed by atoms with Crippen LogP contribution in [0.3, 0.4) is 0 Å². The molecule has 0 saturated carbocycles. The maximum absolute atomic E-state index is 8.99. The number of fused-ring (bicyclic) bond motifs is 1. The molecule has 0 unspecified atom stereocenters. The molecule has 5 rings (SSSR count). The van der Waals surface area contributed by atoms with Crippen LogP contribution in [0.2, 0.25) is 5.02 Å². The van der Waals surface area contributed by atoms with E-state index >= 15 is 0 Å². The molecule has 1 fully saturated rings. The van der Waals surface area contributed by atoms with Crippen LogP contribution in [0.25, 0.3) is 10.9 Å². The quantitative estimate of drug-likeness (QED) is 0.358. The van der Waals surface area contributed by atoms with Gasteiger partial charge in [-0.25, -0.2) is 15.0 Å². The monoisotopic (exact) mass is 505 g/mol. The van der Waals surface area contributed by atoms with Gasteiger partial charge < -0.3 is 19.5 Å². The summed E-state index contributed by atoms with van der Waals surface area (Å²) in [5, 5.41) is 14.5. The Hall–Kier alpha value is -3.32. The molecule has 10 heteroatoms. The summed E-state index contributed by atoms with van der Waals surface area (Å²) in [6.45, 7) is 2.29. The van der Waals surface area contributed by atoms with Crippen LogP contribution >= 0.6 is 23.4 Å². The Kier molecular flexibility index (Phi) is 7.04. The van der Waals surface area contributed by atoms with E-state index in [9.17, 15) is 0 Å². The second kappa shape index (κ2) is 10.5. The number of nitrogens with zero attached hydrogens (tertiary/aromatic N) is 6. The minimum absolute atomic E-state index is 0.171. The minimum atomic E-state index is 0.171. The van der Waals surface area contributed by atoms with Crippen molar-refractivity contribution < 1.29 is 4.74 Å². The lowest BCUT2D eigenvalue weighted by molar-refractivity contribution is 0.116. The van der Waals surface area contributed by atoms with E-state index in [1.54, 1.807) is 23.3 Å². The highest BCUT2D eigenvalue weighted by atomic mass is 35.5. The van der Waals surface area contributed by atoms with E-state index in [2.05, 4.69) is 38.3 Å². The molecular weight excluding hydrogens is 482 g/mol. The van der Waals surface area contributed by atoms with Gasteiger partial charge in [-0.05, 0) is 50.2 Å². The Morgan fingerprint density at radius 1 is 1.20 bits per heavy atom. The van der Waals surface area contributed by atoms with Gasteiger partial charge in [0.05, 0.1) is 22.0 Å². The SMILES string of the molecule is CN1CCC(Oc2cccc3ncnc(Nc4ccc(Sc5nccn5CC#N)c(Cl)c4)c23)CC1.